The molecular formula is C58H38N2O. The highest BCUT2D eigenvalue weighted by atomic mass is 16.3. The average Bonchev–Trinajstić information content (AvgIpc) is 3.88. The SMILES string of the molecule is c1ccc(-c2cc(N(c3ccccc3)c3ccc4c5ccccc5n(-c5ccccc5-c5cccc6ccccc56)c4c3)ccc2-c2cccc3c2oc2ccccc23)cc1. The Labute approximate surface area is 353 Å². The predicted molar refractivity (Wildman–Crippen MR) is 257 cm³/mol. The fourth-order valence-corrected chi connectivity index (χ4v) is 9.46. The lowest BCUT2D eigenvalue weighted by Gasteiger charge is -2.27. The Morgan fingerprint density at radius 2 is 0.934 bits per heavy atom. The Bertz CT molecular complexity index is 3590. The van der Waals surface area contributed by atoms with E-state index in [2.05, 4.69) is 234 Å². The Balaban J connectivity index is 1.09. The van der Waals surface area contributed by atoms with Crippen LogP contribution in [0.15, 0.2) is 235 Å². The first kappa shape index (κ1) is 34.9. The van der Waals surface area contributed by atoms with Gasteiger partial charge in [-0.15, -0.1) is 0 Å². The summed E-state index contributed by atoms with van der Waals surface area (Å²) in [5.41, 5.74) is 15.3. The minimum Gasteiger partial charge on any atom is -0.455 e. The van der Waals surface area contributed by atoms with E-state index >= 15 is 0 Å². The van der Waals surface area contributed by atoms with Crippen LogP contribution in [-0.4, -0.2) is 4.57 Å². The molecule has 0 spiro atoms. The molecule has 286 valence electrons. The molecule has 0 aliphatic rings. The summed E-state index contributed by atoms with van der Waals surface area (Å²) in [5.74, 6) is 0. The molecule has 0 saturated heterocycles. The second-order valence-corrected chi connectivity index (χ2v) is 15.6. The summed E-state index contributed by atoms with van der Waals surface area (Å²) in [6.45, 7) is 0. The Morgan fingerprint density at radius 1 is 0.328 bits per heavy atom. The van der Waals surface area contributed by atoms with Crippen LogP contribution in [0.25, 0.3) is 93.6 Å². The van der Waals surface area contributed by atoms with E-state index in [0.717, 1.165) is 72.5 Å². The summed E-state index contributed by atoms with van der Waals surface area (Å²) in [6, 6.07) is 82.9. The summed E-state index contributed by atoms with van der Waals surface area (Å²) >= 11 is 0. The van der Waals surface area contributed by atoms with E-state index < -0.39 is 0 Å². The van der Waals surface area contributed by atoms with Crippen molar-refractivity contribution in [1.82, 2.24) is 4.57 Å². The second-order valence-electron chi connectivity index (χ2n) is 15.6. The number of hydrogen-bond donors (Lipinski definition) is 0. The highest BCUT2D eigenvalue weighted by molar-refractivity contribution is 6.13. The van der Waals surface area contributed by atoms with E-state index in [-0.39, 0.29) is 0 Å². The molecule has 10 aromatic carbocycles. The summed E-state index contributed by atoms with van der Waals surface area (Å²) in [7, 11) is 0. The number of rotatable bonds is 7. The van der Waals surface area contributed by atoms with Gasteiger partial charge in [0.1, 0.15) is 11.2 Å². The standard InChI is InChI=1S/C58H38N2O/c1-3-17-40(18-4-1)53-37-42(33-35-46(53)51-28-16-29-52-50-26-11-14-32-57(50)61-58(51)52)59(41-21-5-2-6-22-41)43-34-36-49-48-25-10-13-31-55(48)60(56(49)38-43)54-30-12-9-24-47(54)45-27-15-20-39-19-7-8-23-44(39)45/h1-38H. The first-order valence-corrected chi connectivity index (χ1v) is 20.8. The zero-order valence-electron chi connectivity index (χ0n) is 33.2. The molecule has 0 unspecified atom stereocenters. The minimum absolute atomic E-state index is 0.894. The monoisotopic (exact) mass is 778 g/mol. The molecule has 0 fully saturated rings. The highest BCUT2D eigenvalue weighted by Crippen LogP contribution is 2.45. The van der Waals surface area contributed by atoms with E-state index in [1.54, 1.807) is 0 Å². The van der Waals surface area contributed by atoms with Gasteiger partial charge in [-0.1, -0.05) is 176 Å². The molecule has 12 rings (SSSR count). The lowest BCUT2D eigenvalue weighted by molar-refractivity contribution is 0.670. The molecule has 0 amide bonds. The molecule has 0 atom stereocenters. The van der Waals surface area contributed by atoms with Crippen LogP contribution < -0.4 is 4.90 Å². The molecule has 12 aromatic rings. The molecule has 0 bridgehead atoms. The molecule has 2 heterocycles. The molecule has 0 aliphatic carbocycles. The number of para-hydroxylation sites is 5. The third-order valence-corrected chi connectivity index (χ3v) is 12.2. The van der Waals surface area contributed by atoms with Crippen molar-refractivity contribution < 1.29 is 4.42 Å². The number of hydrogen-bond acceptors (Lipinski definition) is 2. The van der Waals surface area contributed by atoms with Crippen LogP contribution in [0.1, 0.15) is 0 Å². The molecule has 0 saturated carbocycles. The highest BCUT2D eigenvalue weighted by Gasteiger charge is 2.22. The van der Waals surface area contributed by atoms with Gasteiger partial charge in [-0.3, -0.25) is 0 Å². The molecule has 0 aliphatic heterocycles. The van der Waals surface area contributed by atoms with Gasteiger partial charge < -0.3 is 13.9 Å². The molecule has 0 N–H and O–H groups in total. The number of anilines is 3. The van der Waals surface area contributed by atoms with Crippen LogP contribution in [0.5, 0.6) is 0 Å². The predicted octanol–water partition coefficient (Wildman–Crippen LogP) is 16.3. The zero-order chi connectivity index (χ0) is 40.3. The Morgan fingerprint density at radius 3 is 1.82 bits per heavy atom. The van der Waals surface area contributed by atoms with Crippen molar-refractivity contribution >= 4 is 71.6 Å². The third-order valence-electron chi connectivity index (χ3n) is 12.2. The fourth-order valence-electron chi connectivity index (χ4n) is 9.46. The first-order valence-electron chi connectivity index (χ1n) is 20.8. The molecule has 61 heavy (non-hydrogen) atoms. The van der Waals surface area contributed by atoms with Crippen molar-refractivity contribution in [1.29, 1.82) is 0 Å². The maximum atomic E-state index is 6.60. The fraction of sp³-hybridized carbons (Fsp3) is 0. The van der Waals surface area contributed by atoms with E-state index in [1.165, 1.54) is 38.2 Å². The Kier molecular flexibility index (Phi) is 8.17. The van der Waals surface area contributed by atoms with Crippen molar-refractivity contribution in [2.24, 2.45) is 0 Å². The van der Waals surface area contributed by atoms with Crippen molar-refractivity contribution in [3.63, 3.8) is 0 Å². The van der Waals surface area contributed by atoms with Crippen LogP contribution in [0.3, 0.4) is 0 Å². The van der Waals surface area contributed by atoms with Gasteiger partial charge in [0.25, 0.3) is 0 Å². The second kappa shape index (κ2) is 14.3. The van der Waals surface area contributed by atoms with Crippen molar-refractivity contribution in [2.45, 2.75) is 0 Å². The quantitative estimate of drug-likeness (QED) is 0.161. The van der Waals surface area contributed by atoms with E-state index in [0.29, 0.717) is 0 Å². The smallest absolute Gasteiger partial charge is 0.143 e. The van der Waals surface area contributed by atoms with Crippen LogP contribution in [-0.2, 0) is 0 Å². The zero-order valence-corrected chi connectivity index (χ0v) is 33.2. The Hall–Kier alpha value is -8.14. The summed E-state index contributed by atoms with van der Waals surface area (Å²) in [5, 5.41) is 7.14. The number of furan rings is 1. The van der Waals surface area contributed by atoms with Crippen LogP contribution in [0, 0.1) is 0 Å². The van der Waals surface area contributed by atoms with Gasteiger partial charge in [0.15, 0.2) is 0 Å². The van der Waals surface area contributed by atoms with Gasteiger partial charge in [0.05, 0.1) is 16.7 Å². The van der Waals surface area contributed by atoms with Crippen molar-refractivity contribution in [2.75, 3.05) is 4.90 Å². The molecular weight excluding hydrogens is 741 g/mol. The number of fused-ring (bicyclic) bond motifs is 7. The largest absolute Gasteiger partial charge is 0.455 e. The average molecular weight is 779 g/mol. The van der Waals surface area contributed by atoms with Crippen LogP contribution in [0.2, 0.25) is 0 Å². The maximum Gasteiger partial charge on any atom is 0.143 e. The van der Waals surface area contributed by atoms with Gasteiger partial charge in [-0.05, 0) is 87.6 Å². The summed E-state index contributed by atoms with van der Waals surface area (Å²) < 4.78 is 9.06. The van der Waals surface area contributed by atoms with Gasteiger partial charge in [0, 0.05) is 49.7 Å². The van der Waals surface area contributed by atoms with Gasteiger partial charge in [-0.2, -0.15) is 0 Å². The van der Waals surface area contributed by atoms with Crippen LogP contribution >= 0.6 is 0 Å². The van der Waals surface area contributed by atoms with Gasteiger partial charge in [-0.25, -0.2) is 0 Å². The maximum absolute atomic E-state index is 6.60. The number of aromatic nitrogens is 1. The summed E-state index contributed by atoms with van der Waals surface area (Å²) in [6.07, 6.45) is 0. The van der Waals surface area contributed by atoms with E-state index in [9.17, 15) is 0 Å². The molecule has 3 nitrogen and oxygen atoms in total. The first-order chi connectivity index (χ1) is 30.3. The lowest BCUT2D eigenvalue weighted by atomic mass is 9.92. The minimum atomic E-state index is 0.894. The van der Waals surface area contributed by atoms with E-state index in [4.69, 9.17) is 4.42 Å². The van der Waals surface area contributed by atoms with Gasteiger partial charge >= 0.3 is 0 Å². The third kappa shape index (κ3) is 5.74. The molecule has 0 radical (unpaired) electrons. The molecule has 2 aromatic heterocycles. The van der Waals surface area contributed by atoms with Crippen molar-refractivity contribution in [3.8, 4) is 39.1 Å². The van der Waals surface area contributed by atoms with Crippen molar-refractivity contribution in [3.05, 3.63) is 231 Å². The lowest BCUT2D eigenvalue weighted by Crippen LogP contribution is -2.10. The van der Waals surface area contributed by atoms with Crippen LogP contribution in [0.4, 0.5) is 17.1 Å². The van der Waals surface area contributed by atoms with E-state index in [1.807, 2.05) is 6.07 Å². The summed E-state index contributed by atoms with van der Waals surface area (Å²) in [4.78, 5) is 2.38. The molecule has 3 heteroatoms. The normalized spacial score (nSPS) is 11.6. The van der Waals surface area contributed by atoms with Gasteiger partial charge in [0.2, 0.25) is 0 Å². The topological polar surface area (TPSA) is 21.3 Å². The number of benzene rings is 10. The number of nitrogens with zero attached hydrogens (tertiary/aromatic N) is 2.